The highest BCUT2D eigenvalue weighted by Crippen LogP contribution is 2.31. The van der Waals surface area contributed by atoms with Gasteiger partial charge in [0.1, 0.15) is 10.8 Å². The van der Waals surface area contributed by atoms with Crippen LogP contribution in [0.2, 0.25) is 0 Å². The highest BCUT2D eigenvalue weighted by Gasteiger charge is 2.19. The summed E-state index contributed by atoms with van der Waals surface area (Å²) in [5.74, 6) is 0.784. The first-order valence-electron chi connectivity index (χ1n) is 8.74. The number of ether oxygens (including phenoxy) is 2. The number of nitrogens with one attached hydrogen (secondary N) is 1. The van der Waals surface area contributed by atoms with Crippen molar-refractivity contribution in [2.45, 2.75) is 18.6 Å². The lowest BCUT2D eigenvalue weighted by Gasteiger charge is -2.10. The Balaban J connectivity index is 1.72. The second-order valence-electron chi connectivity index (χ2n) is 5.74. The molecule has 0 aliphatic rings. The van der Waals surface area contributed by atoms with Gasteiger partial charge in [-0.05, 0) is 30.5 Å². The van der Waals surface area contributed by atoms with Crippen molar-refractivity contribution in [3.63, 3.8) is 0 Å². The van der Waals surface area contributed by atoms with Crippen LogP contribution in [0.1, 0.15) is 17.3 Å². The summed E-state index contributed by atoms with van der Waals surface area (Å²) >= 11 is 2.54. The van der Waals surface area contributed by atoms with Crippen LogP contribution >= 0.6 is 23.1 Å². The summed E-state index contributed by atoms with van der Waals surface area (Å²) in [6.45, 7) is 2.63. The minimum Gasteiger partial charge on any atom is -0.496 e. The van der Waals surface area contributed by atoms with Crippen molar-refractivity contribution in [1.29, 1.82) is 0 Å². The molecule has 10 heteroatoms. The summed E-state index contributed by atoms with van der Waals surface area (Å²) in [5, 5.41) is 14.1. The molecular weight excluding hydrogens is 412 g/mol. The first-order chi connectivity index (χ1) is 14.1. The molecule has 2 aromatic heterocycles. The average Bonchev–Trinajstić information content (AvgIpc) is 3.38. The molecule has 29 heavy (non-hydrogen) atoms. The predicted octanol–water partition coefficient (Wildman–Crippen LogP) is 3.55. The zero-order valence-corrected chi connectivity index (χ0v) is 17.8. The molecular formula is C19H20N4O4S2. The Hall–Kier alpha value is -2.85. The van der Waals surface area contributed by atoms with Gasteiger partial charge in [-0.3, -0.25) is 4.79 Å². The van der Waals surface area contributed by atoms with Gasteiger partial charge in [0.15, 0.2) is 11.0 Å². The number of anilines is 1. The maximum Gasteiger partial charge on any atom is 0.340 e. The number of aromatic nitrogens is 3. The van der Waals surface area contributed by atoms with E-state index in [9.17, 15) is 9.59 Å². The lowest BCUT2D eigenvalue weighted by atomic mass is 10.2. The number of para-hydroxylation sites is 1. The third kappa shape index (κ3) is 4.60. The molecule has 2 heterocycles. The topological polar surface area (TPSA) is 95.3 Å². The standard InChI is InChI=1S/C19H20N4O4S2/c1-4-23-16(12-7-5-6-8-14(12)26-2)21-22-19(23)29-11-15(24)20-17-13(9-10-28-17)18(25)27-3/h5-10H,4,11H2,1-3H3,(H,20,24). The first-order valence-corrected chi connectivity index (χ1v) is 10.6. The fourth-order valence-electron chi connectivity index (χ4n) is 2.68. The Bertz CT molecular complexity index is 1020. The van der Waals surface area contributed by atoms with Gasteiger partial charge in [-0.25, -0.2) is 4.79 Å². The fraction of sp³-hybridized carbons (Fsp3) is 0.263. The molecule has 0 saturated heterocycles. The Morgan fingerprint density at radius 2 is 2.00 bits per heavy atom. The molecule has 0 radical (unpaired) electrons. The number of benzene rings is 1. The molecule has 3 rings (SSSR count). The van der Waals surface area contributed by atoms with Crippen molar-refractivity contribution in [1.82, 2.24) is 14.8 Å². The highest BCUT2D eigenvalue weighted by molar-refractivity contribution is 7.99. The first kappa shape index (κ1) is 20.9. The van der Waals surface area contributed by atoms with Gasteiger partial charge in [0, 0.05) is 6.54 Å². The van der Waals surface area contributed by atoms with Gasteiger partial charge in [0.2, 0.25) is 5.91 Å². The quantitative estimate of drug-likeness (QED) is 0.430. The van der Waals surface area contributed by atoms with E-state index in [2.05, 4.69) is 15.5 Å². The zero-order valence-electron chi connectivity index (χ0n) is 16.2. The van der Waals surface area contributed by atoms with Gasteiger partial charge in [0.05, 0.1) is 31.1 Å². The zero-order chi connectivity index (χ0) is 20.8. The molecule has 8 nitrogen and oxygen atoms in total. The molecule has 3 aromatic rings. The largest absolute Gasteiger partial charge is 0.496 e. The molecule has 0 atom stereocenters. The van der Waals surface area contributed by atoms with Crippen molar-refractivity contribution < 1.29 is 19.1 Å². The molecule has 1 amide bonds. The number of rotatable bonds is 8. The third-order valence-electron chi connectivity index (χ3n) is 4.04. The fourth-order valence-corrected chi connectivity index (χ4v) is 4.27. The number of amides is 1. The molecule has 1 N–H and O–H groups in total. The number of carbonyl (C=O) groups is 2. The van der Waals surface area contributed by atoms with E-state index >= 15 is 0 Å². The number of thiophene rings is 1. The molecule has 0 aliphatic heterocycles. The van der Waals surface area contributed by atoms with E-state index in [1.54, 1.807) is 18.6 Å². The van der Waals surface area contributed by atoms with E-state index in [4.69, 9.17) is 9.47 Å². The lowest BCUT2D eigenvalue weighted by Crippen LogP contribution is -2.16. The summed E-state index contributed by atoms with van der Waals surface area (Å²) < 4.78 is 12.1. The molecule has 0 aliphatic carbocycles. The van der Waals surface area contributed by atoms with Crippen molar-refractivity contribution in [2.75, 3.05) is 25.3 Å². The van der Waals surface area contributed by atoms with Gasteiger partial charge in [-0.15, -0.1) is 21.5 Å². The van der Waals surface area contributed by atoms with Crippen molar-refractivity contribution >= 4 is 40.0 Å². The number of carbonyl (C=O) groups excluding carboxylic acids is 2. The van der Waals surface area contributed by atoms with Crippen LogP contribution in [0.5, 0.6) is 5.75 Å². The molecule has 0 spiro atoms. The van der Waals surface area contributed by atoms with Crippen LogP contribution in [-0.4, -0.2) is 46.6 Å². The van der Waals surface area contributed by atoms with Crippen LogP contribution < -0.4 is 10.1 Å². The lowest BCUT2D eigenvalue weighted by molar-refractivity contribution is -0.113. The number of esters is 1. The molecule has 0 bridgehead atoms. The van der Waals surface area contributed by atoms with Crippen molar-refractivity contribution in [2.24, 2.45) is 0 Å². The van der Waals surface area contributed by atoms with E-state index in [1.165, 1.54) is 30.2 Å². The maximum absolute atomic E-state index is 12.4. The van der Waals surface area contributed by atoms with Gasteiger partial charge >= 0.3 is 5.97 Å². The average molecular weight is 433 g/mol. The minimum absolute atomic E-state index is 0.128. The molecule has 1 aromatic carbocycles. The summed E-state index contributed by atoms with van der Waals surface area (Å²) in [6.07, 6.45) is 0. The van der Waals surface area contributed by atoms with Crippen molar-refractivity contribution in [3.8, 4) is 17.1 Å². The maximum atomic E-state index is 12.4. The van der Waals surface area contributed by atoms with E-state index in [0.29, 0.717) is 33.8 Å². The van der Waals surface area contributed by atoms with Gasteiger partial charge < -0.3 is 19.4 Å². The Morgan fingerprint density at radius 1 is 1.21 bits per heavy atom. The Kier molecular flexibility index (Phi) is 6.89. The molecule has 0 fully saturated rings. The summed E-state index contributed by atoms with van der Waals surface area (Å²) in [6, 6.07) is 9.20. The summed E-state index contributed by atoms with van der Waals surface area (Å²) in [7, 11) is 2.91. The smallest absolute Gasteiger partial charge is 0.340 e. The van der Waals surface area contributed by atoms with Crippen LogP contribution in [0.15, 0.2) is 40.9 Å². The number of nitrogens with zero attached hydrogens (tertiary/aromatic N) is 3. The number of methoxy groups -OCH3 is 2. The van der Waals surface area contributed by atoms with Crippen molar-refractivity contribution in [3.05, 3.63) is 41.3 Å². The third-order valence-corrected chi connectivity index (χ3v) is 5.83. The second-order valence-corrected chi connectivity index (χ2v) is 7.60. The van der Waals surface area contributed by atoms with Crippen LogP contribution in [0, 0.1) is 0 Å². The van der Waals surface area contributed by atoms with E-state index < -0.39 is 5.97 Å². The predicted molar refractivity (Wildman–Crippen MR) is 113 cm³/mol. The number of thioether (sulfide) groups is 1. The van der Waals surface area contributed by atoms with Crippen LogP contribution in [0.4, 0.5) is 5.00 Å². The molecule has 152 valence electrons. The monoisotopic (exact) mass is 432 g/mol. The number of hydrogen-bond donors (Lipinski definition) is 1. The molecule has 0 unspecified atom stereocenters. The Morgan fingerprint density at radius 3 is 2.72 bits per heavy atom. The van der Waals surface area contributed by atoms with E-state index in [-0.39, 0.29) is 11.7 Å². The van der Waals surface area contributed by atoms with Gasteiger partial charge in [-0.2, -0.15) is 0 Å². The normalized spacial score (nSPS) is 10.6. The highest BCUT2D eigenvalue weighted by atomic mass is 32.2. The van der Waals surface area contributed by atoms with Crippen LogP contribution in [0.3, 0.4) is 0 Å². The molecule has 0 saturated carbocycles. The SMILES string of the molecule is CCn1c(SCC(=O)Nc2sccc2C(=O)OC)nnc1-c1ccccc1OC. The second kappa shape index (κ2) is 9.57. The van der Waals surface area contributed by atoms with E-state index in [1.807, 2.05) is 35.8 Å². The summed E-state index contributed by atoms with van der Waals surface area (Å²) in [4.78, 5) is 24.1. The van der Waals surface area contributed by atoms with Gasteiger partial charge in [-0.1, -0.05) is 23.9 Å². The number of hydrogen-bond acceptors (Lipinski definition) is 8. The van der Waals surface area contributed by atoms with E-state index in [0.717, 1.165) is 5.56 Å². The Labute approximate surface area is 176 Å². The minimum atomic E-state index is -0.485. The summed E-state index contributed by atoms with van der Waals surface area (Å²) in [5.41, 5.74) is 1.17. The van der Waals surface area contributed by atoms with Crippen LogP contribution in [-0.2, 0) is 16.1 Å². The van der Waals surface area contributed by atoms with Crippen LogP contribution in [0.25, 0.3) is 11.4 Å². The van der Waals surface area contributed by atoms with Gasteiger partial charge in [0.25, 0.3) is 0 Å².